The Labute approximate surface area is 166 Å². The van der Waals surface area contributed by atoms with Gasteiger partial charge in [0.2, 0.25) is 11.8 Å². The van der Waals surface area contributed by atoms with Crippen LogP contribution in [-0.2, 0) is 25.7 Å². The van der Waals surface area contributed by atoms with Crippen LogP contribution < -0.4 is 4.90 Å². The number of esters is 1. The van der Waals surface area contributed by atoms with Crippen LogP contribution in [0.15, 0.2) is 48.5 Å². The minimum atomic E-state index is -0.953. The fraction of sp³-hybridized carbons (Fsp3) is 0.238. The number of imide groups is 1. The zero-order chi connectivity index (χ0) is 21.1. The number of carbonyl (C=O) groups is 4. The van der Waals surface area contributed by atoms with Crippen LogP contribution in [0, 0.1) is 5.82 Å². The lowest BCUT2D eigenvalue weighted by Gasteiger charge is -2.26. The van der Waals surface area contributed by atoms with Crippen molar-refractivity contribution in [2.75, 3.05) is 12.0 Å². The maximum Gasteiger partial charge on any atom is 0.337 e. The van der Waals surface area contributed by atoms with Gasteiger partial charge in [-0.2, -0.15) is 0 Å². The van der Waals surface area contributed by atoms with Gasteiger partial charge in [-0.3, -0.25) is 14.4 Å². The molecule has 3 rings (SSSR count). The van der Waals surface area contributed by atoms with Gasteiger partial charge in [0.15, 0.2) is 0 Å². The van der Waals surface area contributed by atoms with Crippen LogP contribution >= 0.6 is 0 Å². The maximum atomic E-state index is 13.1. The van der Waals surface area contributed by atoms with Crippen molar-refractivity contribution < 1.29 is 28.3 Å². The highest BCUT2D eigenvalue weighted by molar-refractivity contribution is 6.23. The molecule has 0 bridgehead atoms. The number of halogens is 1. The van der Waals surface area contributed by atoms with Gasteiger partial charge >= 0.3 is 5.97 Å². The van der Waals surface area contributed by atoms with E-state index in [1.54, 1.807) is 0 Å². The first-order valence-electron chi connectivity index (χ1n) is 8.88. The second kappa shape index (κ2) is 8.22. The molecule has 0 N–H and O–H groups in total. The predicted octanol–water partition coefficient (Wildman–Crippen LogP) is 2.29. The van der Waals surface area contributed by atoms with Crippen molar-refractivity contribution in [3.8, 4) is 0 Å². The van der Waals surface area contributed by atoms with E-state index in [0.29, 0.717) is 11.3 Å². The molecule has 3 amide bonds. The van der Waals surface area contributed by atoms with E-state index in [2.05, 4.69) is 4.74 Å². The fourth-order valence-corrected chi connectivity index (χ4v) is 3.22. The van der Waals surface area contributed by atoms with Gasteiger partial charge in [0, 0.05) is 13.5 Å². The molecular formula is C21H19FN2O5. The van der Waals surface area contributed by atoms with Crippen LogP contribution in [0.5, 0.6) is 0 Å². The molecule has 0 saturated carbocycles. The lowest BCUT2D eigenvalue weighted by Crippen LogP contribution is -2.44. The van der Waals surface area contributed by atoms with E-state index in [0.717, 1.165) is 4.90 Å². The molecule has 7 nitrogen and oxygen atoms in total. The van der Waals surface area contributed by atoms with Gasteiger partial charge < -0.3 is 9.64 Å². The van der Waals surface area contributed by atoms with Crippen LogP contribution in [0.1, 0.15) is 29.3 Å². The number of amides is 3. The molecule has 29 heavy (non-hydrogen) atoms. The molecule has 0 radical (unpaired) electrons. The number of nitrogens with zero attached hydrogens (tertiary/aromatic N) is 2. The number of rotatable bonds is 5. The molecule has 2 aromatic rings. The second-order valence-corrected chi connectivity index (χ2v) is 6.60. The van der Waals surface area contributed by atoms with E-state index in [1.165, 1.54) is 67.5 Å². The van der Waals surface area contributed by atoms with Gasteiger partial charge in [0.25, 0.3) is 5.91 Å². The number of anilines is 1. The first-order chi connectivity index (χ1) is 13.8. The highest BCUT2D eigenvalue weighted by Gasteiger charge is 2.43. The standard InChI is InChI=1S/C21H19FN2O5/c1-13(25)23(12-14-3-7-16(22)8-4-14)18-11-19(26)24(20(18)27)17-9-5-15(6-10-17)21(28)29-2/h3-10,18H,11-12H2,1-2H3. The summed E-state index contributed by atoms with van der Waals surface area (Å²) in [6, 6.07) is 10.5. The summed E-state index contributed by atoms with van der Waals surface area (Å²) in [4.78, 5) is 51.5. The molecular weight excluding hydrogens is 379 g/mol. The van der Waals surface area contributed by atoms with Gasteiger partial charge in [0.1, 0.15) is 11.9 Å². The predicted molar refractivity (Wildman–Crippen MR) is 101 cm³/mol. The zero-order valence-corrected chi connectivity index (χ0v) is 15.9. The quantitative estimate of drug-likeness (QED) is 0.570. The summed E-state index contributed by atoms with van der Waals surface area (Å²) in [6.07, 6.45) is -0.154. The molecule has 1 heterocycles. The van der Waals surface area contributed by atoms with Crippen molar-refractivity contribution in [2.45, 2.75) is 25.9 Å². The first-order valence-corrected chi connectivity index (χ1v) is 8.88. The Morgan fingerprint density at radius 1 is 1.10 bits per heavy atom. The minimum absolute atomic E-state index is 0.0778. The average molecular weight is 398 g/mol. The zero-order valence-electron chi connectivity index (χ0n) is 15.9. The number of methoxy groups -OCH3 is 1. The number of benzene rings is 2. The van der Waals surface area contributed by atoms with Crippen molar-refractivity contribution in [1.29, 1.82) is 0 Å². The van der Waals surface area contributed by atoms with E-state index in [4.69, 9.17) is 0 Å². The smallest absolute Gasteiger partial charge is 0.337 e. The Kier molecular flexibility index (Phi) is 5.72. The molecule has 0 aromatic heterocycles. The Morgan fingerprint density at radius 2 is 1.72 bits per heavy atom. The summed E-state index contributed by atoms with van der Waals surface area (Å²) in [5.74, 6) is -2.29. The molecule has 1 fully saturated rings. The van der Waals surface area contributed by atoms with Crippen molar-refractivity contribution >= 4 is 29.4 Å². The molecule has 0 spiro atoms. The molecule has 8 heteroatoms. The van der Waals surface area contributed by atoms with Crippen LogP contribution in [0.4, 0.5) is 10.1 Å². The molecule has 1 unspecified atom stereocenters. The van der Waals surface area contributed by atoms with E-state index in [1.807, 2.05) is 0 Å². The number of ether oxygens (including phenoxy) is 1. The van der Waals surface area contributed by atoms with Crippen LogP contribution in [0.2, 0.25) is 0 Å². The third-order valence-electron chi connectivity index (χ3n) is 4.72. The molecule has 2 aromatic carbocycles. The van der Waals surface area contributed by atoms with Gasteiger partial charge in [0.05, 0.1) is 24.8 Å². The largest absolute Gasteiger partial charge is 0.465 e. The van der Waals surface area contributed by atoms with Gasteiger partial charge in [-0.05, 0) is 42.0 Å². The van der Waals surface area contributed by atoms with Gasteiger partial charge in [-0.1, -0.05) is 12.1 Å². The lowest BCUT2D eigenvalue weighted by molar-refractivity contribution is -0.137. The van der Waals surface area contributed by atoms with E-state index in [-0.39, 0.29) is 24.4 Å². The molecule has 1 saturated heterocycles. The third-order valence-corrected chi connectivity index (χ3v) is 4.72. The summed E-state index contributed by atoms with van der Waals surface area (Å²) < 4.78 is 17.8. The third kappa shape index (κ3) is 4.16. The van der Waals surface area contributed by atoms with E-state index >= 15 is 0 Å². The Balaban J connectivity index is 1.83. The summed E-state index contributed by atoms with van der Waals surface area (Å²) in [5, 5.41) is 0. The Bertz CT molecular complexity index is 956. The van der Waals surface area contributed by atoms with Crippen molar-refractivity contribution in [2.24, 2.45) is 0 Å². The molecule has 0 aliphatic carbocycles. The van der Waals surface area contributed by atoms with Crippen LogP contribution in [-0.4, -0.2) is 41.7 Å². The summed E-state index contributed by atoms with van der Waals surface area (Å²) in [6.45, 7) is 1.39. The van der Waals surface area contributed by atoms with E-state index in [9.17, 15) is 23.6 Å². The minimum Gasteiger partial charge on any atom is -0.465 e. The normalized spacial score (nSPS) is 16.1. The first kappa shape index (κ1) is 20.2. The summed E-state index contributed by atoms with van der Waals surface area (Å²) in [7, 11) is 1.26. The SMILES string of the molecule is COC(=O)c1ccc(N2C(=O)CC(N(Cc3ccc(F)cc3)C(C)=O)C2=O)cc1. The highest BCUT2D eigenvalue weighted by atomic mass is 19.1. The van der Waals surface area contributed by atoms with Crippen molar-refractivity contribution in [1.82, 2.24) is 4.90 Å². The maximum absolute atomic E-state index is 13.1. The molecule has 1 aliphatic heterocycles. The summed E-state index contributed by atoms with van der Waals surface area (Å²) in [5.41, 5.74) is 1.23. The molecule has 1 atom stereocenters. The molecule has 150 valence electrons. The number of hydrogen-bond acceptors (Lipinski definition) is 5. The van der Waals surface area contributed by atoms with Crippen molar-refractivity contribution in [3.05, 3.63) is 65.5 Å². The monoisotopic (exact) mass is 398 g/mol. The summed E-state index contributed by atoms with van der Waals surface area (Å²) >= 11 is 0. The van der Waals surface area contributed by atoms with Gasteiger partial charge in [-0.25, -0.2) is 14.1 Å². The Morgan fingerprint density at radius 3 is 2.28 bits per heavy atom. The van der Waals surface area contributed by atoms with E-state index < -0.39 is 29.6 Å². The fourth-order valence-electron chi connectivity index (χ4n) is 3.22. The average Bonchev–Trinajstić information content (AvgIpc) is 3.00. The Hall–Kier alpha value is -3.55. The number of carbonyl (C=O) groups excluding carboxylic acids is 4. The topological polar surface area (TPSA) is 84.0 Å². The number of hydrogen-bond donors (Lipinski definition) is 0. The van der Waals surface area contributed by atoms with Crippen LogP contribution in [0.25, 0.3) is 0 Å². The molecule has 1 aliphatic rings. The second-order valence-electron chi connectivity index (χ2n) is 6.60. The highest BCUT2D eigenvalue weighted by Crippen LogP contribution is 2.27. The lowest BCUT2D eigenvalue weighted by atomic mass is 10.1. The van der Waals surface area contributed by atoms with Crippen molar-refractivity contribution in [3.63, 3.8) is 0 Å². The van der Waals surface area contributed by atoms with Gasteiger partial charge in [-0.15, -0.1) is 0 Å². The van der Waals surface area contributed by atoms with Crippen LogP contribution in [0.3, 0.4) is 0 Å².